The van der Waals surface area contributed by atoms with Crippen LogP contribution in [0, 0.1) is 18.6 Å². The number of rotatable bonds is 2. The largest absolute Gasteiger partial charge is 0.350 e. The number of nitrogens with one attached hydrogen (secondary N) is 2. The molecule has 0 bridgehead atoms. The lowest BCUT2D eigenvalue weighted by molar-refractivity contribution is 0.0929. The Bertz CT molecular complexity index is 760. The number of aryl methyl sites for hydroxylation is 1. The van der Waals surface area contributed by atoms with Gasteiger partial charge in [-0.05, 0) is 31.4 Å². The first-order chi connectivity index (χ1) is 10.8. The zero-order chi connectivity index (χ0) is 16.8. The van der Waals surface area contributed by atoms with Gasteiger partial charge in [-0.2, -0.15) is 0 Å². The Morgan fingerprint density at radius 1 is 1.26 bits per heavy atom. The zero-order valence-electron chi connectivity index (χ0n) is 13.7. The summed E-state index contributed by atoms with van der Waals surface area (Å²) in [7, 11) is -1.06. The highest BCUT2D eigenvalue weighted by Crippen LogP contribution is 2.29. The van der Waals surface area contributed by atoms with Gasteiger partial charge in [0.15, 0.2) is 0 Å². The molecule has 3 rings (SSSR count). The van der Waals surface area contributed by atoms with Crippen molar-refractivity contribution >= 4 is 24.9 Å². The molecule has 1 fully saturated rings. The summed E-state index contributed by atoms with van der Waals surface area (Å²) in [6, 6.07) is 4.66. The summed E-state index contributed by atoms with van der Waals surface area (Å²) >= 11 is 0. The minimum absolute atomic E-state index is 0.176. The van der Waals surface area contributed by atoms with Crippen molar-refractivity contribution < 1.29 is 13.6 Å². The molecule has 2 N–H and O–H groups in total. The molecule has 1 aliphatic rings. The number of amides is 1. The zero-order valence-corrected chi connectivity index (χ0v) is 14.7. The Balaban J connectivity index is 1.82. The highest BCUT2D eigenvalue weighted by Gasteiger charge is 2.30. The van der Waals surface area contributed by atoms with E-state index in [1.54, 1.807) is 6.92 Å². The Morgan fingerprint density at radius 3 is 2.57 bits per heavy atom. The van der Waals surface area contributed by atoms with Crippen molar-refractivity contribution in [2.45, 2.75) is 51.0 Å². The summed E-state index contributed by atoms with van der Waals surface area (Å²) in [6.45, 7) is 6.44. The van der Waals surface area contributed by atoms with Crippen LogP contribution in [-0.2, 0) is 0 Å². The van der Waals surface area contributed by atoms with Gasteiger partial charge in [0.2, 0.25) is 0 Å². The molecule has 1 amide bonds. The van der Waals surface area contributed by atoms with E-state index in [9.17, 15) is 13.6 Å². The number of carbonyl (C=O) groups excluding carboxylic acids is 1. The maximum absolute atomic E-state index is 13.9. The van der Waals surface area contributed by atoms with Crippen LogP contribution in [0.2, 0.25) is 25.2 Å². The van der Waals surface area contributed by atoms with Gasteiger partial charge in [0.1, 0.15) is 17.3 Å². The van der Waals surface area contributed by atoms with E-state index in [-0.39, 0.29) is 17.3 Å². The average molecular weight is 336 g/mol. The Hall–Kier alpha value is -1.69. The molecule has 3 nitrogen and oxygen atoms in total. The summed E-state index contributed by atoms with van der Waals surface area (Å²) in [5.74, 6) is -1.52. The quantitative estimate of drug-likeness (QED) is 0.787. The van der Waals surface area contributed by atoms with Crippen molar-refractivity contribution in [3.05, 3.63) is 35.0 Å². The Kier molecular flexibility index (Phi) is 4.04. The van der Waals surface area contributed by atoms with Gasteiger partial charge >= 0.3 is 0 Å². The van der Waals surface area contributed by atoms with Crippen LogP contribution >= 0.6 is 0 Å². The molecule has 124 valence electrons. The fourth-order valence-electron chi connectivity index (χ4n) is 3.43. The lowest BCUT2D eigenvalue weighted by Crippen LogP contribution is -2.42. The smallest absolute Gasteiger partial charge is 0.268 e. The fourth-order valence-corrected chi connectivity index (χ4v) is 5.94. The maximum atomic E-state index is 13.9. The van der Waals surface area contributed by atoms with E-state index in [4.69, 9.17) is 0 Å². The van der Waals surface area contributed by atoms with E-state index >= 15 is 0 Å². The van der Waals surface area contributed by atoms with Crippen LogP contribution in [-0.4, -0.2) is 25.0 Å². The second kappa shape index (κ2) is 5.74. The SMILES string of the molecule is Cc1c(C(=O)NC2CC[Si](C)(C)CC2)[nH]c2cc(F)cc(F)c12. The second-order valence-corrected chi connectivity index (χ2v) is 12.7. The predicted molar refractivity (Wildman–Crippen MR) is 90.5 cm³/mol. The number of H-pyrrole nitrogens is 1. The first-order valence-electron chi connectivity index (χ1n) is 8.05. The highest BCUT2D eigenvalue weighted by atomic mass is 28.3. The van der Waals surface area contributed by atoms with Crippen molar-refractivity contribution in [2.75, 3.05) is 0 Å². The number of carbonyl (C=O) groups is 1. The third-order valence-electron chi connectivity index (χ3n) is 4.97. The van der Waals surface area contributed by atoms with Crippen molar-refractivity contribution in [1.82, 2.24) is 10.3 Å². The van der Waals surface area contributed by atoms with Crippen LogP contribution in [0.15, 0.2) is 12.1 Å². The minimum Gasteiger partial charge on any atom is -0.350 e. The van der Waals surface area contributed by atoms with E-state index in [1.807, 2.05) is 0 Å². The summed E-state index contributed by atoms with van der Waals surface area (Å²) in [6.07, 6.45) is 2.01. The summed E-state index contributed by atoms with van der Waals surface area (Å²) in [5.41, 5.74) is 1.18. The highest BCUT2D eigenvalue weighted by molar-refractivity contribution is 6.77. The summed E-state index contributed by atoms with van der Waals surface area (Å²) in [5, 5.41) is 3.33. The lowest BCUT2D eigenvalue weighted by atomic mass is 10.1. The van der Waals surface area contributed by atoms with Gasteiger partial charge in [-0.15, -0.1) is 0 Å². The molecular formula is C17H22F2N2OSi. The van der Waals surface area contributed by atoms with Gasteiger partial charge < -0.3 is 10.3 Å². The van der Waals surface area contributed by atoms with Crippen molar-refractivity contribution in [1.29, 1.82) is 0 Å². The molecule has 0 aliphatic carbocycles. The molecule has 1 aromatic heterocycles. The fraction of sp³-hybridized carbons (Fsp3) is 0.471. The maximum Gasteiger partial charge on any atom is 0.268 e. The van der Waals surface area contributed by atoms with Crippen molar-refractivity contribution in [2.24, 2.45) is 0 Å². The van der Waals surface area contributed by atoms with Crippen LogP contribution < -0.4 is 5.32 Å². The van der Waals surface area contributed by atoms with E-state index in [2.05, 4.69) is 23.4 Å². The van der Waals surface area contributed by atoms with Crippen molar-refractivity contribution in [3.63, 3.8) is 0 Å². The monoisotopic (exact) mass is 336 g/mol. The van der Waals surface area contributed by atoms with Gasteiger partial charge in [-0.1, -0.05) is 25.2 Å². The van der Waals surface area contributed by atoms with Gasteiger partial charge in [-0.25, -0.2) is 8.78 Å². The van der Waals surface area contributed by atoms with Crippen LogP contribution in [0.25, 0.3) is 10.9 Å². The first kappa shape index (κ1) is 16.2. The van der Waals surface area contributed by atoms with E-state index < -0.39 is 19.7 Å². The summed E-state index contributed by atoms with van der Waals surface area (Å²) in [4.78, 5) is 15.4. The molecule has 23 heavy (non-hydrogen) atoms. The molecule has 0 unspecified atom stereocenters. The van der Waals surface area contributed by atoms with Gasteiger partial charge in [0.25, 0.3) is 5.91 Å². The third kappa shape index (κ3) is 3.17. The number of halogens is 2. The summed E-state index contributed by atoms with van der Waals surface area (Å²) < 4.78 is 27.3. The Labute approximate surface area is 135 Å². The number of hydrogen-bond acceptors (Lipinski definition) is 1. The number of fused-ring (bicyclic) bond motifs is 1. The number of hydrogen-bond donors (Lipinski definition) is 2. The van der Waals surface area contributed by atoms with Crippen LogP contribution in [0.4, 0.5) is 8.78 Å². The van der Waals surface area contributed by atoms with Gasteiger partial charge in [0, 0.05) is 25.6 Å². The molecule has 1 saturated heterocycles. The Morgan fingerprint density at radius 2 is 1.91 bits per heavy atom. The van der Waals surface area contributed by atoms with Gasteiger partial charge in [0.05, 0.1) is 5.52 Å². The molecule has 0 saturated carbocycles. The first-order valence-corrected chi connectivity index (χ1v) is 11.5. The lowest BCUT2D eigenvalue weighted by Gasteiger charge is -2.33. The van der Waals surface area contributed by atoms with Crippen LogP contribution in [0.1, 0.15) is 28.9 Å². The second-order valence-electron chi connectivity index (χ2n) is 7.35. The van der Waals surface area contributed by atoms with E-state index in [1.165, 1.54) is 18.2 Å². The minimum atomic E-state index is -1.06. The predicted octanol–water partition coefficient (Wildman–Crippen LogP) is 4.36. The van der Waals surface area contributed by atoms with Crippen LogP contribution in [0.3, 0.4) is 0 Å². The average Bonchev–Trinajstić information content (AvgIpc) is 2.78. The molecule has 2 heterocycles. The molecule has 0 radical (unpaired) electrons. The molecule has 0 spiro atoms. The van der Waals surface area contributed by atoms with Crippen molar-refractivity contribution in [3.8, 4) is 0 Å². The molecule has 2 aromatic rings. The van der Waals surface area contributed by atoms with Crippen LogP contribution in [0.5, 0.6) is 0 Å². The topological polar surface area (TPSA) is 44.9 Å². The number of aromatic nitrogens is 1. The molecule has 6 heteroatoms. The van der Waals surface area contributed by atoms with Gasteiger partial charge in [-0.3, -0.25) is 4.79 Å². The number of benzene rings is 1. The van der Waals surface area contributed by atoms with E-state index in [0.29, 0.717) is 16.8 Å². The molecule has 0 atom stereocenters. The molecule has 1 aliphatic heterocycles. The third-order valence-corrected chi connectivity index (χ3v) is 8.25. The molecule has 1 aromatic carbocycles. The van der Waals surface area contributed by atoms with E-state index in [0.717, 1.165) is 18.9 Å². The standard InChI is InChI=1S/C17H22F2N2OSi/c1-10-15-13(19)8-11(18)9-14(15)21-16(10)17(22)20-12-4-6-23(2,3)7-5-12/h8-9,12,21H,4-7H2,1-3H3,(H,20,22). The number of aromatic amines is 1. The molecular weight excluding hydrogens is 314 g/mol. The normalized spacial score (nSPS) is 18.3.